The van der Waals surface area contributed by atoms with E-state index in [0.29, 0.717) is 32.1 Å². The number of piperidine rings is 1. The van der Waals surface area contributed by atoms with E-state index in [9.17, 15) is 4.79 Å². The van der Waals surface area contributed by atoms with Gasteiger partial charge in [-0.05, 0) is 38.8 Å². The molecule has 0 bridgehead atoms. The van der Waals surface area contributed by atoms with Crippen molar-refractivity contribution in [3.63, 3.8) is 0 Å². The van der Waals surface area contributed by atoms with Gasteiger partial charge < -0.3 is 15.0 Å². The number of carbonyl (C=O) groups is 1. The summed E-state index contributed by atoms with van der Waals surface area (Å²) in [5.41, 5.74) is 0.886. The number of nitrogens with one attached hydrogen (secondary N) is 1. The summed E-state index contributed by atoms with van der Waals surface area (Å²) in [7, 11) is 1.84. The average Bonchev–Trinajstić information content (AvgIpc) is 2.63. The highest BCUT2D eigenvalue weighted by Crippen LogP contribution is 2.24. The van der Waals surface area contributed by atoms with Crippen LogP contribution in [0.1, 0.15) is 37.3 Å². The maximum atomic E-state index is 12.9. The molecule has 1 amide bonds. The van der Waals surface area contributed by atoms with E-state index in [1.54, 1.807) is 0 Å². The molecule has 1 aromatic rings. The fourth-order valence-corrected chi connectivity index (χ4v) is 3.49. The van der Waals surface area contributed by atoms with Gasteiger partial charge in [-0.2, -0.15) is 0 Å². The zero-order chi connectivity index (χ0) is 17.8. The van der Waals surface area contributed by atoms with Gasteiger partial charge in [0, 0.05) is 25.4 Å². The molecular weight excluding hydrogens is 318 g/mol. The molecule has 138 valence electrons. The first-order valence-electron chi connectivity index (χ1n) is 9.19. The number of anilines is 1. The van der Waals surface area contributed by atoms with Crippen LogP contribution in [0.4, 0.5) is 5.82 Å². The smallest absolute Gasteiger partial charge is 0.237 e. The quantitative estimate of drug-likeness (QED) is 0.889. The molecule has 1 aromatic heterocycles. The fraction of sp³-hybridized carbons (Fsp3) is 0.722. The molecular formula is C18H29N5O2. The van der Waals surface area contributed by atoms with Crippen molar-refractivity contribution in [2.45, 2.75) is 32.7 Å². The number of likely N-dealkylation sites (tertiary alicyclic amines) is 1. The minimum Gasteiger partial charge on any atom is -0.377 e. The third-order valence-corrected chi connectivity index (χ3v) is 5.11. The Morgan fingerprint density at radius 1 is 1.32 bits per heavy atom. The lowest BCUT2D eigenvalue weighted by molar-refractivity contribution is -0.142. The Kier molecular flexibility index (Phi) is 5.86. The van der Waals surface area contributed by atoms with Crippen LogP contribution >= 0.6 is 0 Å². The first-order chi connectivity index (χ1) is 12.1. The van der Waals surface area contributed by atoms with Crippen molar-refractivity contribution in [1.82, 2.24) is 19.8 Å². The zero-order valence-electron chi connectivity index (χ0n) is 15.5. The molecule has 0 aromatic carbocycles. The number of aromatic nitrogens is 2. The van der Waals surface area contributed by atoms with E-state index in [2.05, 4.69) is 27.1 Å². The third-order valence-electron chi connectivity index (χ3n) is 5.11. The van der Waals surface area contributed by atoms with Crippen molar-refractivity contribution < 1.29 is 9.53 Å². The Balaban J connectivity index is 1.72. The Hall–Kier alpha value is -1.73. The van der Waals surface area contributed by atoms with Crippen molar-refractivity contribution in [3.05, 3.63) is 17.6 Å². The second-order valence-electron chi connectivity index (χ2n) is 7.14. The number of ether oxygens (including phenoxy) is 1. The van der Waals surface area contributed by atoms with Gasteiger partial charge in [-0.1, -0.05) is 6.92 Å². The summed E-state index contributed by atoms with van der Waals surface area (Å²) >= 11 is 0. The van der Waals surface area contributed by atoms with Crippen LogP contribution in [0.3, 0.4) is 0 Å². The number of hydrogen-bond donors (Lipinski definition) is 1. The van der Waals surface area contributed by atoms with Crippen molar-refractivity contribution >= 4 is 11.7 Å². The van der Waals surface area contributed by atoms with Crippen LogP contribution < -0.4 is 5.32 Å². The SMILES string of the molecule is CNc1cc(C)nc([C@H]2COCCN2C(=O)CN2CCC(C)CC2)n1. The van der Waals surface area contributed by atoms with Crippen LogP contribution in [0.5, 0.6) is 0 Å². The van der Waals surface area contributed by atoms with E-state index in [4.69, 9.17) is 4.74 Å². The van der Waals surface area contributed by atoms with E-state index in [1.165, 1.54) is 12.8 Å². The molecule has 0 spiro atoms. The van der Waals surface area contributed by atoms with Gasteiger partial charge in [-0.15, -0.1) is 0 Å². The lowest BCUT2D eigenvalue weighted by Gasteiger charge is -2.37. The highest BCUT2D eigenvalue weighted by Gasteiger charge is 2.32. The molecule has 2 saturated heterocycles. The molecule has 0 unspecified atom stereocenters. The minimum absolute atomic E-state index is 0.152. The highest BCUT2D eigenvalue weighted by molar-refractivity contribution is 5.78. The molecule has 1 N–H and O–H groups in total. The van der Waals surface area contributed by atoms with E-state index < -0.39 is 0 Å². The van der Waals surface area contributed by atoms with Crippen LogP contribution in [-0.2, 0) is 9.53 Å². The van der Waals surface area contributed by atoms with E-state index in [-0.39, 0.29) is 11.9 Å². The average molecular weight is 347 g/mol. The number of carbonyl (C=O) groups excluding carboxylic acids is 1. The Labute approximate surface area is 149 Å². The first-order valence-corrected chi connectivity index (χ1v) is 9.19. The van der Waals surface area contributed by atoms with Crippen LogP contribution in [0, 0.1) is 12.8 Å². The molecule has 2 fully saturated rings. The predicted molar refractivity (Wildman–Crippen MR) is 96.4 cm³/mol. The van der Waals surface area contributed by atoms with Gasteiger partial charge in [-0.3, -0.25) is 9.69 Å². The Morgan fingerprint density at radius 3 is 2.80 bits per heavy atom. The first kappa shape index (κ1) is 18.1. The summed E-state index contributed by atoms with van der Waals surface area (Å²) in [5, 5.41) is 3.06. The molecule has 0 saturated carbocycles. The summed E-state index contributed by atoms with van der Waals surface area (Å²) in [6, 6.07) is 1.69. The molecule has 25 heavy (non-hydrogen) atoms. The van der Waals surface area contributed by atoms with Gasteiger partial charge in [0.1, 0.15) is 11.9 Å². The summed E-state index contributed by atoms with van der Waals surface area (Å²) in [5.74, 6) is 2.34. The summed E-state index contributed by atoms with van der Waals surface area (Å²) < 4.78 is 5.63. The molecule has 0 radical (unpaired) electrons. The third kappa shape index (κ3) is 4.46. The Morgan fingerprint density at radius 2 is 2.08 bits per heavy atom. The molecule has 7 heteroatoms. The lowest BCUT2D eigenvalue weighted by atomic mass is 9.99. The zero-order valence-corrected chi connectivity index (χ0v) is 15.5. The van der Waals surface area contributed by atoms with Gasteiger partial charge in [-0.25, -0.2) is 9.97 Å². The molecule has 2 aliphatic rings. The fourth-order valence-electron chi connectivity index (χ4n) is 3.49. The van der Waals surface area contributed by atoms with Crippen molar-refractivity contribution in [1.29, 1.82) is 0 Å². The van der Waals surface area contributed by atoms with Crippen LogP contribution in [0.25, 0.3) is 0 Å². The van der Waals surface area contributed by atoms with Crippen LogP contribution in [0.15, 0.2) is 6.07 Å². The number of aryl methyl sites for hydroxylation is 1. The molecule has 0 aliphatic carbocycles. The molecule has 7 nitrogen and oxygen atoms in total. The van der Waals surface area contributed by atoms with Gasteiger partial charge >= 0.3 is 0 Å². The monoisotopic (exact) mass is 347 g/mol. The number of hydrogen-bond acceptors (Lipinski definition) is 6. The maximum Gasteiger partial charge on any atom is 0.237 e. The molecule has 1 atom stereocenters. The number of rotatable bonds is 4. The largest absolute Gasteiger partial charge is 0.377 e. The number of amides is 1. The van der Waals surface area contributed by atoms with Crippen molar-refractivity contribution in [2.24, 2.45) is 5.92 Å². The van der Waals surface area contributed by atoms with E-state index >= 15 is 0 Å². The molecule has 2 aliphatic heterocycles. The van der Waals surface area contributed by atoms with Crippen LogP contribution in [0.2, 0.25) is 0 Å². The second kappa shape index (κ2) is 8.10. The van der Waals surface area contributed by atoms with Gasteiger partial charge in [0.05, 0.1) is 19.8 Å². The summed E-state index contributed by atoms with van der Waals surface area (Å²) in [6.45, 7) is 8.34. The van der Waals surface area contributed by atoms with Crippen molar-refractivity contribution in [3.8, 4) is 0 Å². The van der Waals surface area contributed by atoms with Gasteiger partial charge in [0.2, 0.25) is 5.91 Å². The normalized spacial score (nSPS) is 22.8. The lowest BCUT2D eigenvalue weighted by Crippen LogP contribution is -2.49. The summed E-state index contributed by atoms with van der Waals surface area (Å²) in [4.78, 5) is 26.2. The van der Waals surface area contributed by atoms with Gasteiger partial charge in [0.25, 0.3) is 0 Å². The molecule has 3 rings (SSSR count). The highest BCUT2D eigenvalue weighted by atomic mass is 16.5. The number of morpholine rings is 1. The van der Waals surface area contributed by atoms with Gasteiger partial charge in [0.15, 0.2) is 5.82 Å². The minimum atomic E-state index is -0.211. The topological polar surface area (TPSA) is 70.6 Å². The maximum absolute atomic E-state index is 12.9. The molecule has 3 heterocycles. The standard InChI is InChI=1S/C18H29N5O2/c1-13-4-6-22(7-5-13)11-17(24)23-8-9-25-12-15(23)18-20-14(2)10-16(19-3)21-18/h10,13,15H,4-9,11-12H2,1-3H3,(H,19,20,21)/t15-/m1/s1. The van der Waals surface area contributed by atoms with Crippen molar-refractivity contribution in [2.75, 3.05) is 51.8 Å². The van der Waals surface area contributed by atoms with E-state index in [0.717, 1.165) is 30.5 Å². The van der Waals surface area contributed by atoms with E-state index in [1.807, 2.05) is 24.9 Å². The van der Waals surface area contributed by atoms with Crippen LogP contribution in [-0.4, -0.2) is 72.1 Å². The summed E-state index contributed by atoms with van der Waals surface area (Å²) in [6.07, 6.45) is 2.35. The number of nitrogens with zero attached hydrogens (tertiary/aromatic N) is 4. The predicted octanol–water partition coefficient (Wildman–Crippen LogP) is 1.46. The second-order valence-corrected chi connectivity index (χ2v) is 7.14. The Bertz CT molecular complexity index is 601.